The molecule has 58 valence electrons. The van der Waals surface area contributed by atoms with Crippen LogP contribution in [0.5, 0.6) is 0 Å². The quantitative estimate of drug-likeness (QED) is 0.556. The lowest BCUT2D eigenvalue weighted by molar-refractivity contribution is 0.0953. The van der Waals surface area contributed by atoms with Crippen molar-refractivity contribution in [1.29, 1.82) is 0 Å². The molecule has 4 nitrogen and oxygen atoms in total. The van der Waals surface area contributed by atoms with Crippen molar-refractivity contribution >= 4 is 5.91 Å². The zero-order chi connectivity index (χ0) is 8.43. The van der Waals surface area contributed by atoms with E-state index in [2.05, 4.69) is 5.32 Å². The monoisotopic (exact) mass is 153 g/mol. The van der Waals surface area contributed by atoms with E-state index in [0.717, 1.165) is 6.07 Å². The molecule has 0 saturated heterocycles. The van der Waals surface area contributed by atoms with Crippen molar-refractivity contribution in [2.24, 2.45) is 0 Å². The Morgan fingerprint density at radius 1 is 1.55 bits per heavy atom. The lowest BCUT2D eigenvalue weighted by Gasteiger charge is -2.00. The highest BCUT2D eigenvalue weighted by molar-refractivity contribution is 5.94. The molecule has 0 spiro atoms. The highest BCUT2D eigenvalue weighted by Crippen LogP contribution is 1.85. The predicted octanol–water partition coefficient (Wildman–Crippen LogP) is -0.968. The first-order valence-electron chi connectivity index (χ1n) is 3.25. The van der Waals surface area contributed by atoms with Gasteiger partial charge in [0.05, 0.1) is 5.56 Å². The van der Waals surface area contributed by atoms with Crippen molar-refractivity contribution in [3.63, 3.8) is 0 Å². The van der Waals surface area contributed by atoms with Crippen LogP contribution in [-0.2, 0) is 0 Å². The fraction of sp³-hybridized carbons (Fsp3) is 0.286. The summed E-state index contributed by atoms with van der Waals surface area (Å²) in [7, 11) is 0. The molecule has 0 unspecified atom stereocenters. The van der Waals surface area contributed by atoms with E-state index in [9.17, 15) is 14.4 Å². The summed E-state index contributed by atoms with van der Waals surface area (Å²) in [5.74, 6) is -0.461. The largest absolute Gasteiger partial charge is 0.352 e. The number of rotatable bonds is 2. The fourth-order valence-corrected chi connectivity index (χ4v) is 0.742. The van der Waals surface area contributed by atoms with Gasteiger partial charge in [0.25, 0.3) is 5.91 Å². The molecule has 0 heterocycles. The average Bonchev–Trinajstić information content (AvgIpc) is 1.99. The maximum atomic E-state index is 10.8. The summed E-state index contributed by atoms with van der Waals surface area (Å²) in [6.07, 6.45) is 0. The molecule has 0 aromatic heterocycles. The van der Waals surface area contributed by atoms with E-state index >= 15 is 0 Å². The van der Waals surface area contributed by atoms with Gasteiger partial charge in [-0.3, -0.25) is 14.4 Å². The Kier molecular flexibility index (Phi) is 1.85. The molecule has 0 radical (unpaired) electrons. The van der Waals surface area contributed by atoms with Gasteiger partial charge < -0.3 is 5.32 Å². The zero-order valence-corrected chi connectivity index (χ0v) is 6.01. The number of carbonyl (C=O) groups is 1. The molecular formula is C7H7NO3. The molecule has 0 bridgehead atoms. The van der Waals surface area contributed by atoms with Gasteiger partial charge in [-0.2, -0.15) is 0 Å². The Morgan fingerprint density at radius 2 is 2.18 bits per heavy atom. The highest BCUT2D eigenvalue weighted by atomic mass is 16.2. The van der Waals surface area contributed by atoms with Gasteiger partial charge in [-0.05, 0) is 6.92 Å². The first-order valence-corrected chi connectivity index (χ1v) is 3.25. The van der Waals surface area contributed by atoms with Gasteiger partial charge in [0, 0.05) is 12.6 Å². The zero-order valence-electron chi connectivity index (χ0n) is 6.01. The third kappa shape index (κ3) is 1.19. The molecule has 0 atom stereocenters. The molecule has 0 aliphatic heterocycles. The summed E-state index contributed by atoms with van der Waals surface area (Å²) < 4.78 is 0. The Bertz CT molecular complexity index is 346. The highest BCUT2D eigenvalue weighted by Gasteiger charge is 2.15. The Hall–Kier alpha value is -1.45. The first-order chi connectivity index (χ1) is 5.16. The van der Waals surface area contributed by atoms with E-state index in [1.165, 1.54) is 0 Å². The second kappa shape index (κ2) is 2.65. The lowest BCUT2D eigenvalue weighted by atomic mass is 10.1. The van der Waals surface area contributed by atoms with Crippen molar-refractivity contribution in [2.45, 2.75) is 6.92 Å². The molecule has 11 heavy (non-hydrogen) atoms. The molecule has 1 aromatic carbocycles. The van der Waals surface area contributed by atoms with Crippen LogP contribution in [0.25, 0.3) is 0 Å². The van der Waals surface area contributed by atoms with Crippen LogP contribution in [0.15, 0.2) is 15.7 Å². The predicted molar refractivity (Wildman–Crippen MR) is 39.4 cm³/mol. The van der Waals surface area contributed by atoms with Crippen molar-refractivity contribution < 1.29 is 4.79 Å². The van der Waals surface area contributed by atoms with Crippen LogP contribution in [0, 0.1) is 0 Å². The Morgan fingerprint density at radius 3 is 2.55 bits per heavy atom. The minimum absolute atomic E-state index is 0.0307. The Labute approximate surface area is 62.5 Å². The number of hydrogen-bond donors (Lipinski definition) is 1. The molecule has 0 saturated carbocycles. The van der Waals surface area contributed by atoms with Crippen molar-refractivity contribution in [1.82, 2.24) is 5.32 Å². The summed E-state index contributed by atoms with van der Waals surface area (Å²) in [5, 5.41) is 2.42. The van der Waals surface area contributed by atoms with Crippen LogP contribution in [0.4, 0.5) is 0 Å². The Balaban J connectivity index is 2.82. The van der Waals surface area contributed by atoms with Crippen molar-refractivity contribution in [3.05, 3.63) is 32.1 Å². The summed E-state index contributed by atoms with van der Waals surface area (Å²) in [4.78, 5) is 31.8. The van der Waals surface area contributed by atoms with Gasteiger partial charge >= 0.3 is 0 Å². The van der Waals surface area contributed by atoms with Crippen LogP contribution in [0.2, 0.25) is 0 Å². The average molecular weight is 153 g/mol. The third-order valence-corrected chi connectivity index (χ3v) is 1.33. The van der Waals surface area contributed by atoms with E-state index in [4.69, 9.17) is 0 Å². The summed E-state index contributed by atoms with van der Waals surface area (Å²) in [5.41, 5.74) is -1.31. The fourth-order valence-electron chi connectivity index (χ4n) is 0.742. The van der Waals surface area contributed by atoms with Crippen LogP contribution in [-0.4, -0.2) is 12.5 Å². The standard InChI is InChI=1S/C7H7NO3/c1-2-8-7(11)4-3-5(9)6(4)10/h3H,2H2,1H3,(H,8,11). The van der Waals surface area contributed by atoms with Gasteiger partial charge in [-0.25, -0.2) is 0 Å². The van der Waals surface area contributed by atoms with E-state index in [0.29, 0.717) is 6.54 Å². The SMILES string of the molecule is CCNC(=O)c1cc(=O)c1=O. The second-order valence-electron chi connectivity index (χ2n) is 2.11. The second-order valence-corrected chi connectivity index (χ2v) is 2.11. The van der Waals surface area contributed by atoms with E-state index < -0.39 is 16.8 Å². The molecule has 1 aromatic rings. The summed E-state index contributed by atoms with van der Waals surface area (Å²) in [6.45, 7) is 2.20. The first kappa shape index (κ1) is 7.65. The van der Waals surface area contributed by atoms with Gasteiger partial charge in [0.2, 0.25) is 10.9 Å². The maximum absolute atomic E-state index is 10.8. The van der Waals surface area contributed by atoms with E-state index in [-0.39, 0.29) is 5.56 Å². The van der Waals surface area contributed by atoms with Crippen LogP contribution >= 0.6 is 0 Å². The molecule has 1 amide bonds. The van der Waals surface area contributed by atoms with Crippen LogP contribution in [0.3, 0.4) is 0 Å². The normalized spacial score (nSPS) is 9.91. The van der Waals surface area contributed by atoms with Crippen LogP contribution in [0.1, 0.15) is 17.3 Å². The van der Waals surface area contributed by atoms with Crippen LogP contribution < -0.4 is 16.2 Å². The number of nitrogens with one attached hydrogen (secondary N) is 1. The van der Waals surface area contributed by atoms with Gasteiger partial charge in [-0.15, -0.1) is 0 Å². The lowest BCUT2D eigenvalue weighted by Crippen LogP contribution is -2.40. The minimum Gasteiger partial charge on any atom is -0.352 e. The molecule has 0 aliphatic carbocycles. The molecular weight excluding hydrogens is 146 g/mol. The van der Waals surface area contributed by atoms with Crippen molar-refractivity contribution in [2.75, 3.05) is 6.54 Å². The number of carbonyl (C=O) groups excluding carboxylic acids is 1. The number of hydrogen-bond acceptors (Lipinski definition) is 3. The molecule has 0 aliphatic rings. The summed E-state index contributed by atoms with van der Waals surface area (Å²) >= 11 is 0. The minimum atomic E-state index is -0.684. The van der Waals surface area contributed by atoms with Gasteiger partial charge in [0.1, 0.15) is 0 Å². The molecule has 0 fully saturated rings. The third-order valence-electron chi connectivity index (χ3n) is 1.33. The number of amides is 1. The van der Waals surface area contributed by atoms with E-state index in [1.54, 1.807) is 6.92 Å². The molecule has 1 N–H and O–H groups in total. The molecule has 4 heteroatoms. The molecule has 1 rings (SSSR count). The smallest absolute Gasteiger partial charge is 0.255 e. The summed E-state index contributed by atoms with van der Waals surface area (Å²) in [6, 6.07) is 1.05. The van der Waals surface area contributed by atoms with E-state index in [1.807, 2.05) is 0 Å². The van der Waals surface area contributed by atoms with Gasteiger partial charge in [-0.1, -0.05) is 0 Å². The topological polar surface area (TPSA) is 63.2 Å². The maximum Gasteiger partial charge on any atom is 0.255 e. The van der Waals surface area contributed by atoms with Gasteiger partial charge in [0.15, 0.2) is 0 Å². The van der Waals surface area contributed by atoms with Crippen molar-refractivity contribution in [3.8, 4) is 0 Å².